The van der Waals surface area contributed by atoms with Crippen LogP contribution in [0, 0.1) is 5.92 Å². The summed E-state index contributed by atoms with van der Waals surface area (Å²) in [5.41, 5.74) is 0. The molecule has 3 rings (SSSR count). The molecule has 0 aliphatic heterocycles. The molecule has 0 aromatic carbocycles. The molecule has 0 saturated heterocycles. The van der Waals surface area contributed by atoms with E-state index in [2.05, 4.69) is 15.3 Å². The lowest BCUT2D eigenvalue weighted by Crippen LogP contribution is -2.31. The minimum absolute atomic E-state index is 0.233. The van der Waals surface area contributed by atoms with Crippen molar-refractivity contribution in [3.8, 4) is 0 Å². The zero-order valence-electron chi connectivity index (χ0n) is 8.96. The van der Waals surface area contributed by atoms with Crippen molar-refractivity contribution in [3.63, 3.8) is 0 Å². The molecule has 1 unspecified atom stereocenters. The summed E-state index contributed by atoms with van der Waals surface area (Å²) in [4.78, 5) is 20.3. The predicted molar refractivity (Wildman–Crippen MR) is 65.2 cm³/mol. The largest absolute Gasteiger partial charge is 0.480 e. The lowest BCUT2D eigenvalue weighted by molar-refractivity contribution is -0.138. The highest BCUT2D eigenvalue weighted by atomic mass is 32.1. The van der Waals surface area contributed by atoms with E-state index in [0.717, 1.165) is 23.1 Å². The molecule has 1 fully saturated rings. The van der Waals surface area contributed by atoms with E-state index >= 15 is 0 Å². The number of thiophene rings is 1. The van der Waals surface area contributed by atoms with Crippen molar-refractivity contribution >= 4 is 33.3 Å². The molecule has 2 N–H and O–H groups in total. The molecule has 2 aromatic rings. The smallest absolute Gasteiger partial charge is 0.326 e. The molecule has 1 aliphatic carbocycles. The predicted octanol–water partition coefficient (Wildman–Crippen LogP) is 1.97. The lowest BCUT2D eigenvalue weighted by atomic mass is 10.2. The van der Waals surface area contributed by atoms with Crippen molar-refractivity contribution in [1.29, 1.82) is 0 Å². The summed E-state index contributed by atoms with van der Waals surface area (Å²) in [6, 6.07) is 1.38. The van der Waals surface area contributed by atoms with Crippen molar-refractivity contribution in [3.05, 3.63) is 17.8 Å². The minimum Gasteiger partial charge on any atom is -0.480 e. The van der Waals surface area contributed by atoms with Gasteiger partial charge in [0.05, 0.1) is 5.39 Å². The second-order valence-corrected chi connectivity index (χ2v) is 5.05. The van der Waals surface area contributed by atoms with E-state index in [9.17, 15) is 4.79 Å². The van der Waals surface area contributed by atoms with Crippen molar-refractivity contribution < 1.29 is 9.90 Å². The second kappa shape index (κ2) is 3.96. The number of nitrogens with zero attached hydrogens (tertiary/aromatic N) is 2. The molecule has 0 amide bonds. The van der Waals surface area contributed by atoms with Crippen LogP contribution in [-0.4, -0.2) is 27.1 Å². The van der Waals surface area contributed by atoms with Crippen LogP contribution in [-0.2, 0) is 4.79 Å². The number of hydrogen-bond donors (Lipinski definition) is 2. The Kier molecular flexibility index (Phi) is 2.44. The average molecular weight is 249 g/mol. The first-order valence-electron chi connectivity index (χ1n) is 5.43. The Morgan fingerprint density at radius 2 is 2.35 bits per heavy atom. The van der Waals surface area contributed by atoms with E-state index in [-0.39, 0.29) is 5.92 Å². The molecule has 17 heavy (non-hydrogen) atoms. The number of rotatable bonds is 4. The van der Waals surface area contributed by atoms with Gasteiger partial charge >= 0.3 is 5.97 Å². The average Bonchev–Trinajstić information content (AvgIpc) is 3.02. The van der Waals surface area contributed by atoms with E-state index in [1.807, 2.05) is 11.4 Å². The summed E-state index contributed by atoms with van der Waals surface area (Å²) < 4.78 is 0. The summed E-state index contributed by atoms with van der Waals surface area (Å²) in [6.07, 6.45) is 3.41. The number of aromatic nitrogens is 2. The quantitative estimate of drug-likeness (QED) is 0.866. The molecular formula is C11H11N3O2S. The molecule has 6 heteroatoms. The van der Waals surface area contributed by atoms with Crippen LogP contribution >= 0.6 is 11.3 Å². The van der Waals surface area contributed by atoms with Crippen molar-refractivity contribution in [1.82, 2.24) is 9.97 Å². The standard InChI is InChI=1S/C11H11N3O2S/c15-11(16)8(6-1-2-6)14-9-7-3-4-17-10(7)13-5-12-9/h3-6,8H,1-2H2,(H,15,16)(H,12,13,14). The number of hydrogen-bond acceptors (Lipinski definition) is 5. The van der Waals surface area contributed by atoms with Crippen LogP contribution in [0.2, 0.25) is 0 Å². The molecule has 0 bridgehead atoms. The number of carbonyl (C=O) groups is 1. The third kappa shape index (κ3) is 1.95. The van der Waals surface area contributed by atoms with E-state index in [4.69, 9.17) is 5.11 Å². The van der Waals surface area contributed by atoms with Gasteiger partial charge in [0.1, 0.15) is 23.0 Å². The van der Waals surface area contributed by atoms with Gasteiger partial charge in [0.2, 0.25) is 0 Å². The summed E-state index contributed by atoms with van der Waals surface area (Å²) in [5.74, 6) is 0.0428. The fraction of sp³-hybridized carbons (Fsp3) is 0.364. The highest BCUT2D eigenvalue weighted by Gasteiger charge is 2.36. The Morgan fingerprint density at radius 1 is 1.53 bits per heavy atom. The zero-order chi connectivity index (χ0) is 11.8. The molecule has 0 spiro atoms. The van der Waals surface area contributed by atoms with Gasteiger partial charge in [-0.3, -0.25) is 0 Å². The number of anilines is 1. The summed E-state index contributed by atoms with van der Waals surface area (Å²) in [6.45, 7) is 0. The lowest BCUT2D eigenvalue weighted by Gasteiger charge is -2.14. The monoisotopic (exact) mass is 249 g/mol. The molecule has 88 valence electrons. The first-order chi connectivity index (χ1) is 8.25. The van der Waals surface area contributed by atoms with Gasteiger partial charge in [-0.2, -0.15) is 0 Å². The van der Waals surface area contributed by atoms with E-state index < -0.39 is 12.0 Å². The van der Waals surface area contributed by atoms with Gasteiger partial charge in [0.25, 0.3) is 0 Å². The molecule has 0 radical (unpaired) electrons. The maximum absolute atomic E-state index is 11.2. The normalized spacial score (nSPS) is 16.9. The van der Waals surface area contributed by atoms with E-state index in [1.54, 1.807) is 0 Å². The third-order valence-corrected chi connectivity index (χ3v) is 3.73. The number of aliphatic carboxylic acids is 1. The van der Waals surface area contributed by atoms with Gasteiger partial charge in [-0.1, -0.05) is 0 Å². The van der Waals surface area contributed by atoms with Gasteiger partial charge in [0.15, 0.2) is 0 Å². The maximum atomic E-state index is 11.2. The zero-order valence-corrected chi connectivity index (χ0v) is 9.78. The Hall–Kier alpha value is -1.69. The Morgan fingerprint density at radius 3 is 3.06 bits per heavy atom. The first kappa shape index (κ1) is 10.5. The van der Waals surface area contributed by atoms with Crippen LogP contribution in [0.3, 0.4) is 0 Å². The maximum Gasteiger partial charge on any atom is 0.326 e. The number of fused-ring (bicyclic) bond motifs is 1. The van der Waals surface area contributed by atoms with Gasteiger partial charge < -0.3 is 10.4 Å². The number of nitrogens with one attached hydrogen (secondary N) is 1. The highest BCUT2D eigenvalue weighted by Crippen LogP contribution is 2.35. The second-order valence-electron chi connectivity index (χ2n) is 4.16. The number of carboxylic acid groups (broad SMARTS) is 1. The molecule has 1 saturated carbocycles. The Labute approximate surface area is 102 Å². The van der Waals surface area contributed by atoms with Crippen molar-refractivity contribution in [2.24, 2.45) is 5.92 Å². The first-order valence-corrected chi connectivity index (χ1v) is 6.31. The van der Waals surface area contributed by atoms with Gasteiger partial charge in [-0.25, -0.2) is 14.8 Å². The Balaban J connectivity index is 1.93. The van der Waals surface area contributed by atoms with Crippen LogP contribution in [0.15, 0.2) is 17.8 Å². The molecule has 1 atom stereocenters. The van der Waals surface area contributed by atoms with Crippen molar-refractivity contribution in [2.75, 3.05) is 5.32 Å². The summed E-state index contributed by atoms with van der Waals surface area (Å²) >= 11 is 1.52. The van der Waals surface area contributed by atoms with Gasteiger partial charge in [-0.05, 0) is 30.2 Å². The molecule has 2 heterocycles. The van der Waals surface area contributed by atoms with Crippen LogP contribution in [0.1, 0.15) is 12.8 Å². The van der Waals surface area contributed by atoms with Crippen LogP contribution < -0.4 is 5.32 Å². The fourth-order valence-corrected chi connectivity index (χ4v) is 2.60. The van der Waals surface area contributed by atoms with E-state index in [0.29, 0.717) is 5.82 Å². The highest BCUT2D eigenvalue weighted by molar-refractivity contribution is 7.16. The third-order valence-electron chi connectivity index (χ3n) is 2.91. The van der Waals surface area contributed by atoms with E-state index in [1.165, 1.54) is 17.7 Å². The topological polar surface area (TPSA) is 75.1 Å². The molecule has 2 aromatic heterocycles. The minimum atomic E-state index is -0.811. The van der Waals surface area contributed by atoms with Gasteiger partial charge in [0, 0.05) is 0 Å². The summed E-state index contributed by atoms with van der Waals surface area (Å²) in [7, 11) is 0. The SMILES string of the molecule is O=C(O)C(Nc1ncnc2sccc12)C1CC1. The van der Waals surface area contributed by atoms with Gasteiger partial charge in [-0.15, -0.1) is 11.3 Å². The molecule has 5 nitrogen and oxygen atoms in total. The Bertz CT molecular complexity index is 565. The fourth-order valence-electron chi connectivity index (χ4n) is 1.86. The molecular weight excluding hydrogens is 238 g/mol. The van der Waals surface area contributed by atoms with Crippen LogP contribution in [0.5, 0.6) is 0 Å². The van der Waals surface area contributed by atoms with Crippen molar-refractivity contribution in [2.45, 2.75) is 18.9 Å². The van der Waals surface area contributed by atoms with Crippen LogP contribution in [0.25, 0.3) is 10.2 Å². The number of carboxylic acids is 1. The summed E-state index contributed by atoms with van der Waals surface area (Å²) in [5, 5.41) is 15.0. The van der Waals surface area contributed by atoms with Crippen LogP contribution in [0.4, 0.5) is 5.82 Å². The molecule has 1 aliphatic rings.